The normalized spacial score (nSPS) is 9.76. The number of benzene rings is 2. The van der Waals surface area contributed by atoms with Gasteiger partial charge in [0, 0.05) is 11.8 Å². The van der Waals surface area contributed by atoms with Crippen molar-refractivity contribution in [2.45, 2.75) is 0 Å². The van der Waals surface area contributed by atoms with E-state index in [1.54, 1.807) is 24.3 Å². The molecule has 0 aliphatic rings. The van der Waals surface area contributed by atoms with Crippen LogP contribution in [0.5, 0.6) is 0 Å². The zero-order chi connectivity index (χ0) is 15.2. The van der Waals surface area contributed by atoms with Gasteiger partial charge < -0.3 is 10.6 Å². The van der Waals surface area contributed by atoms with Crippen LogP contribution >= 0.6 is 0 Å². The fourth-order valence-electron chi connectivity index (χ4n) is 1.72. The van der Waals surface area contributed by atoms with Gasteiger partial charge in [0.1, 0.15) is 17.7 Å². The van der Waals surface area contributed by atoms with Gasteiger partial charge in [-0.25, -0.2) is 8.78 Å². The van der Waals surface area contributed by atoms with E-state index >= 15 is 0 Å². The molecule has 106 valence electrons. The smallest absolute Gasteiger partial charge is 0.243 e. The van der Waals surface area contributed by atoms with Crippen LogP contribution in [0.15, 0.2) is 42.5 Å². The third-order valence-electron chi connectivity index (χ3n) is 2.64. The minimum absolute atomic E-state index is 0.163. The van der Waals surface area contributed by atoms with E-state index in [9.17, 15) is 13.6 Å². The van der Waals surface area contributed by atoms with Crippen LogP contribution in [-0.2, 0) is 4.79 Å². The summed E-state index contributed by atoms with van der Waals surface area (Å²) in [6.45, 7) is -0.178. The van der Waals surface area contributed by atoms with Gasteiger partial charge in [-0.05, 0) is 24.3 Å². The third kappa shape index (κ3) is 4.01. The highest BCUT2D eigenvalue weighted by molar-refractivity contribution is 5.94. The number of nitrogens with zero attached hydrogens (tertiary/aromatic N) is 1. The van der Waals surface area contributed by atoms with Crippen molar-refractivity contribution in [1.82, 2.24) is 0 Å². The van der Waals surface area contributed by atoms with Gasteiger partial charge in [0.25, 0.3) is 0 Å². The van der Waals surface area contributed by atoms with Crippen molar-refractivity contribution in [3.63, 3.8) is 0 Å². The first-order valence-electron chi connectivity index (χ1n) is 6.07. The molecule has 2 rings (SSSR count). The lowest BCUT2D eigenvalue weighted by molar-refractivity contribution is -0.114. The van der Waals surface area contributed by atoms with Gasteiger partial charge in [-0.15, -0.1) is 0 Å². The summed E-state index contributed by atoms with van der Waals surface area (Å²) in [6.07, 6.45) is 0. The molecule has 0 saturated heterocycles. The molecule has 21 heavy (non-hydrogen) atoms. The SMILES string of the molecule is N#Cc1ccccc1NC(=O)CNc1cc(F)cc(F)c1. The van der Waals surface area contributed by atoms with Crippen LogP contribution < -0.4 is 10.6 Å². The minimum Gasteiger partial charge on any atom is -0.376 e. The number of amides is 1. The standard InChI is InChI=1S/C15H11F2N3O/c16-11-5-12(17)7-13(6-11)19-9-15(21)20-14-4-2-1-3-10(14)8-18/h1-7,19H,9H2,(H,20,21). The first-order chi connectivity index (χ1) is 10.1. The molecule has 0 saturated carbocycles. The van der Waals surface area contributed by atoms with Gasteiger partial charge in [0.15, 0.2) is 0 Å². The van der Waals surface area contributed by atoms with Crippen molar-refractivity contribution in [2.24, 2.45) is 0 Å². The second-order valence-corrected chi connectivity index (χ2v) is 4.22. The van der Waals surface area contributed by atoms with Crippen LogP contribution in [0.25, 0.3) is 0 Å². The zero-order valence-corrected chi connectivity index (χ0v) is 10.9. The van der Waals surface area contributed by atoms with Crippen molar-refractivity contribution < 1.29 is 13.6 Å². The van der Waals surface area contributed by atoms with E-state index in [0.29, 0.717) is 11.3 Å². The second kappa shape index (κ2) is 6.48. The number of hydrogen-bond donors (Lipinski definition) is 2. The van der Waals surface area contributed by atoms with Crippen LogP contribution in [0.4, 0.5) is 20.2 Å². The van der Waals surface area contributed by atoms with Gasteiger partial charge >= 0.3 is 0 Å². The molecule has 0 unspecified atom stereocenters. The average molecular weight is 287 g/mol. The van der Waals surface area contributed by atoms with E-state index in [2.05, 4.69) is 10.6 Å². The lowest BCUT2D eigenvalue weighted by atomic mass is 10.2. The largest absolute Gasteiger partial charge is 0.376 e. The number of anilines is 2. The molecular formula is C15H11F2N3O. The summed E-state index contributed by atoms with van der Waals surface area (Å²) in [5, 5.41) is 14.1. The first-order valence-corrected chi connectivity index (χ1v) is 6.07. The highest BCUT2D eigenvalue weighted by Crippen LogP contribution is 2.14. The van der Waals surface area contributed by atoms with E-state index in [0.717, 1.165) is 18.2 Å². The minimum atomic E-state index is -0.729. The Balaban J connectivity index is 1.98. The first kappa shape index (κ1) is 14.5. The van der Waals surface area contributed by atoms with Crippen LogP contribution in [0.1, 0.15) is 5.56 Å². The molecule has 0 atom stereocenters. The maximum atomic E-state index is 13.0. The molecule has 0 aromatic heterocycles. The van der Waals surface area contributed by atoms with Crippen LogP contribution in [0.3, 0.4) is 0 Å². The van der Waals surface area contributed by atoms with E-state index in [-0.39, 0.29) is 12.2 Å². The molecule has 0 heterocycles. The molecule has 4 nitrogen and oxygen atoms in total. The Hall–Kier alpha value is -2.94. The van der Waals surface area contributed by atoms with Crippen molar-refractivity contribution in [3.8, 4) is 6.07 Å². The summed E-state index contributed by atoms with van der Waals surface area (Å²) in [6, 6.07) is 11.4. The number of hydrogen-bond acceptors (Lipinski definition) is 3. The predicted octanol–water partition coefficient (Wildman–Crippen LogP) is 2.89. The maximum Gasteiger partial charge on any atom is 0.243 e. The Morgan fingerprint density at radius 2 is 1.81 bits per heavy atom. The molecule has 0 aliphatic carbocycles. The molecule has 0 spiro atoms. The lowest BCUT2D eigenvalue weighted by Crippen LogP contribution is -2.22. The van der Waals surface area contributed by atoms with Crippen molar-refractivity contribution >= 4 is 17.3 Å². The quantitative estimate of drug-likeness (QED) is 0.908. The maximum absolute atomic E-state index is 13.0. The Bertz CT molecular complexity index is 690. The van der Waals surface area contributed by atoms with E-state index in [4.69, 9.17) is 5.26 Å². The number of carbonyl (C=O) groups is 1. The number of rotatable bonds is 4. The Morgan fingerprint density at radius 3 is 2.48 bits per heavy atom. The Kier molecular flexibility index (Phi) is 4.46. The lowest BCUT2D eigenvalue weighted by Gasteiger charge is -2.09. The Labute approximate surface area is 120 Å². The molecular weight excluding hydrogens is 276 g/mol. The molecule has 0 fully saturated rings. The Morgan fingerprint density at radius 1 is 1.14 bits per heavy atom. The summed E-state index contributed by atoms with van der Waals surface area (Å²) < 4.78 is 26.0. The summed E-state index contributed by atoms with van der Waals surface area (Å²) in [7, 11) is 0. The van der Waals surface area contributed by atoms with Gasteiger partial charge in [-0.1, -0.05) is 12.1 Å². The molecule has 2 aromatic rings. The van der Waals surface area contributed by atoms with Crippen molar-refractivity contribution in [1.29, 1.82) is 5.26 Å². The van der Waals surface area contributed by atoms with E-state index in [1.807, 2.05) is 6.07 Å². The van der Waals surface area contributed by atoms with Gasteiger partial charge in [-0.2, -0.15) is 5.26 Å². The molecule has 2 aromatic carbocycles. The number of carbonyl (C=O) groups excluding carboxylic acids is 1. The van der Waals surface area contributed by atoms with Gasteiger partial charge in [-0.3, -0.25) is 4.79 Å². The summed E-state index contributed by atoms with van der Waals surface area (Å²) in [4.78, 5) is 11.8. The zero-order valence-electron chi connectivity index (χ0n) is 10.9. The van der Waals surface area contributed by atoms with Crippen molar-refractivity contribution in [2.75, 3.05) is 17.2 Å². The topological polar surface area (TPSA) is 64.9 Å². The van der Waals surface area contributed by atoms with E-state index < -0.39 is 17.5 Å². The number of nitriles is 1. The van der Waals surface area contributed by atoms with Crippen LogP contribution in [0, 0.1) is 23.0 Å². The van der Waals surface area contributed by atoms with Crippen molar-refractivity contribution in [3.05, 3.63) is 59.7 Å². The predicted molar refractivity (Wildman–Crippen MR) is 74.6 cm³/mol. The monoisotopic (exact) mass is 287 g/mol. The fourth-order valence-corrected chi connectivity index (χ4v) is 1.72. The number of halogens is 2. The molecule has 0 aliphatic heterocycles. The fraction of sp³-hybridized carbons (Fsp3) is 0.0667. The molecule has 0 radical (unpaired) electrons. The molecule has 2 N–H and O–H groups in total. The number of para-hydroxylation sites is 1. The van der Waals surface area contributed by atoms with Crippen LogP contribution in [0.2, 0.25) is 0 Å². The molecule has 6 heteroatoms. The average Bonchev–Trinajstić information content (AvgIpc) is 2.45. The second-order valence-electron chi connectivity index (χ2n) is 4.22. The van der Waals surface area contributed by atoms with Crippen LogP contribution in [-0.4, -0.2) is 12.5 Å². The summed E-state index contributed by atoms with van der Waals surface area (Å²) in [5.41, 5.74) is 0.885. The van der Waals surface area contributed by atoms with E-state index in [1.165, 1.54) is 0 Å². The number of nitrogens with one attached hydrogen (secondary N) is 2. The highest BCUT2D eigenvalue weighted by atomic mass is 19.1. The van der Waals surface area contributed by atoms with Gasteiger partial charge in [0.05, 0.1) is 17.8 Å². The third-order valence-corrected chi connectivity index (χ3v) is 2.64. The summed E-state index contributed by atoms with van der Waals surface area (Å²) >= 11 is 0. The molecule has 1 amide bonds. The van der Waals surface area contributed by atoms with Gasteiger partial charge in [0.2, 0.25) is 5.91 Å². The summed E-state index contributed by atoms with van der Waals surface area (Å²) in [5.74, 6) is -1.89. The molecule has 0 bridgehead atoms. The highest BCUT2D eigenvalue weighted by Gasteiger charge is 2.07.